The van der Waals surface area contributed by atoms with Crippen LogP contribution < -0.4 is 0 Å². The van der Waals surface area contributed by atoms with E-state index >= 15 is 0 Å². The summed E-state index contributed by atoms with van der Waals surface area (Å²) in [6.45, 7) is 3.98. The smallest absolute Gasteiger partial charge is 0.252 e. The minimum absolute atomic E-state index is 0.232. The molecule has 6 heteroatoms. The van der Waals surface area contributed by atoms with Crippen LogP contribution in [-0.2, 0) is 11.2 Å². The first-order valence-electron chi connectivity index (χ1n) is 12.1. The number of aromatic nitrogens is 4. The first-order valence-corrected chi connectivity index (χ1v) is 12.1. The molecule has 3 aliphatic rings. The minimum atomic E-state index is 0.232. The van der Waals surface area contributed by atoms with E-state index in [2.05, 4.69) is 20.0 Å². The third-order valence-electron chi connectivity index (χ3n) is 7.59. The molecule has 1 amide bonds. The van der Waals surface area contributed by atoms with Gasteiger partial charge < -0.3 is 4.90 Å². The molecule has 162 valence electrons. The molecular weight excluding hydrogens is 374 g/mol. The van der Waals surface area contributed by atoms with Crippen LogP contribution in [-0.4, -0.2) is 42.5 Å². The van der Waals surface area contributed by atoms with Gasteiger partial charge in [0.15, 0.2) is 5.82 Å². The molecule has 3 aliphatic carbocycles. The van der Waals surface area contributed by atoms with E-state index in [-0.39, 0.29) is 5.91 Å². The first kappa shape index (κ1) is 20.0. The second kappa shape index (κ2) is 8.27. The number of amides is 1. The molecule has 6 nitrogen and oxygen atoms in total. The molecule has 3 saturated carbocycles. The molecule has 0 aliphatic heterocycles. The highest BCUT2D eigenvalue weighted by molar-refractivity contribution is 5.79. The van der Waals surface area contributed by atoms with E-state index < -0.39 is 0 Å². The number of hydrogen-bond donors (Lipinski definition) is 0. The van der Waals surface area contributed by atoms with Crippen LogP contribution in [0.25, 0.3) is 5.78 Å². The molecule has 0 spiro atoms. The van der Waals surface area contributed by atoms with E-state index in [1.807, 2.05) is 19.9 Å². The molecule has 3 fully saturated rings. The van der Waals surface area contributed by atoms with Crippen LogP contribution in [0.1, 0.15) is 87.8 Å². The number of carbonyl (C=O) groups is 1. The van der Waals surface area contributed by atoms with E-state index in [0.29, 0.717) is 36.0 Å². The van der Waals surface area contributed by atoms with Crippen molar-refractivity contribution in [1.29, 1.82) is 0 Å². The summed E-state index contributed by atoms with van der Waals surface area (Å²) in [6, 6.07) is 2.88. The van der Waals surface area contributed by atoms with Gasteiger partial charge in [-0.15, -0.1) is 5.10 Å². The van der Waals surface area contributed by atoms with Crippen molar-refractivity contribution in [1.82, 2.24) is 24.5 Å². The minimum Gasteiger partial charge on any atom is -0.336 e. The Morgan fingerprint density at radius 2 is 1.73 bits per heavy atom. The van der Waals surface area contributed by atoms with Gasteiger partial charge in [-0.1, -0.05) is 44.9 Å². The highest BCUT2D eigenvalue weighted by Crippen LogP contribution is 2.43. The van der Waals surface area contributed by atoms with Crippen molar-refractivity contribution < 1.29 is 4.79 Å². The van der Waals surface area contributed by atoms with Gasteiger partial charge in [-0.3, -0.25) is 4.79 Å². The maximum absolute atomic E-state index is 13.6. The van der Waals surface area contributed by atoms with Gasteiger partial charge in [-0.05, 0) is 57.4 Å². The maximum atomic E-state index is 13.6. The van der Waals surface area contributed by atoms with Gasteiger partial charge in [-0.2, -0.15) is 4.98 Å². The van der Waals surface area contributed by atoms with Crippen molar-refractivity contribution in [2.75, 3.05) is 0 Å². The van der Waals surface area contributed by atoms with E-state index in [9.17, 15) is 4.79 Å². The SMILES string of the molecule is Cc1cc(C)n2nc(CC(=O)N(C3CC3)C3CCCCC3C3CCCCC3)nc2n1. The molecule has 2 atom stereocenters. The molecule has 2 aromatic rings. The van der Waals surface area contributed by atoms with Gasteiger partial charge in [0.2, 0.25) is 5.91 Å². The topological polar surface area (TPSA) is 63.4 Å². The standard InChI is InChI=1S/C24H35N5O/c1-16-14-17(2)29-24(25-16)26-22(27-29)15-23(30)28(19-12-13-19)21-11-7-6-10-20(21)18-8-4-3-5-9-18/h14,18-21H,3-13,15H2,1-2H3. The second-order valence-corrected chi connectivity index (χ2v) is 9.90. The van der Waals surface area contributed by atoms with Crippen LogP contribution >= 0.6 is 0 Å². The average molecular weight is 410 g/mol. The molecule has 0 aromatic carbocycles. The lowest BCUT2D eigenvalue weighted by molar-refractivity contribution is -0.136. The summed E-state index contributed by atoms with van der Waals surface area (Å²) in [5, 5.41) is 4.61. The van der Waals surface area contributed by atoms with Crippen molar-refractivity contribution >= 4 is 11.7 Å². The lowest BCUT2D eigenvalue weighted by Gasteiger charge is -2.44. The Kier molecular flexibility index (Phi) is 5.50. The summed E-state index contributed by atoms with van der Waals surface area (Å²) in [5.74, 6) is 2.96. The quantitative estimate of drug-likeness (QED) is 0.734. The zero-order valence-electron chi connectivity index (χ0n) is 18.5. The fourth-order valence-electron chi connectivity index (χ4n) is 6.12. The van der Waals surface area contributed by atoms with Gasteiger partial charge in [0.05, 0.1) is 6.42 Å². The molecule has 0 N–H and O–H groups in total. The number of fused-ring (bicyclic) bond motifs is 1. The van der Waals surface area contributed by atoms with Gasteiger partial charge in [0.1, 0.15) is 0 Å². The summed E-state index contributed by atoms with van der Waals surface area (Å²) >= 11 is 0. The number of nitrogens with zero attached hydrogens (tertiary/aromatic N) is 5. The summed E-state index contributed by atoms with van der Waals surface area (Å²) in [4.78, 5) is 24.9. The first-order chi connectivity index (χ1) is 14.6. The fraction of sp³-hybridized carbons (Fsp3) is 0.750. The summed E-state index contributed by atoms with van der Waals surface area (Å²) in [6.07, 6.45) is 14.6. The molecule has 2 heterocycles. The van der Waals surface area contributed by atoms with Gasteiger partial charge in [0, 0.05) is 23.5 Å². The molecule has 2 aromatic heterocycles. The van der Waals surface area contributed by atoms with Crippen LogP contribution in [0.4, 0.5) is 0 Å². The molecule has 0 bridgehead atoms. The van der Waals surface area contributed by atoms with Crippen molar-refractivity contribution in [3.8, 4) is 0 Å². The largest absolute Gasteiger partial charge is 0.336 e. The Morgan fingerprint density at radius 3 is 2.50 bits per heavy atom. The van der Waals surface area contributed by atoms with Crippen LogP contribution in [0.5, 0.6) is 0 Å². The normalized spacial score (nSPS) is 25.5. The zero-order chi connectivity index (χ0) is 20.7. The van der Waals surface area contributed by atoms with Crippen molar-refractivity contribution in [2.45, 2.75) is 103 Å². The number of aryl methyl sites for hydroxylation is 2. The molecule has 30 heavy (non-hydrogen) atoms. The van der Waals surface area contributed by atoms with E-state index in [4.69, 9.17) is 0 Å². The Morgan fingerprint density at radius 1 is 1.00 bits per heavy atom. The van der Waals surface area contributed by atoms with Crippen molar-refractivity contribution in [3.63, 3.8) is 0 Å². The van der Waals surface area contributed by atoms with E-state index in [1.54, 1.807) is 4.52 Å². The van der Waals surface area contributed by atoms with Crippen molar-refractivity contribution in [3.05, 3.63) is 23.3 Å². The highest BCUT2D eigenvalue weighted by Gasteiger charge is 2.43. The maximum Gasteiger partial charge on any atom is 0.252 e. The summed E-state index contributed by atoms with van der Waals surface area (Å²) < 4.78 is 1.77. The number of rotatable bonds is 5. The van der Waals surface area contributed by atoms with Crippen molar-refractivity contribution in [2.24, 2.45) is 11.8 Å². The van der Waals surface area contributed by atoms with Crippen LogP contribution in [0.3, 0.4) is 0 Å². The molecule has 0 radical (unpaired) electrons. The van der Waals surface area contributed by atoms with Crippen LogP contribution in [0.2, 0.25) is 0 Å². The summed E-state index contributed by atoms with van der Waals surface area (Å²) in [5.41, 5.74) is 1.94. The molecule has 5 rings (SSSR count). The van der Waals surface area contributed by atoms with Crippen LogP contribution in [0.15, 0.2) is 6.07 Å². The van der Waals surface area contributed by atoms with Gasteiger partial charge in [-0.25, -0.2) is 9.50 Å². The third kappa shape index (κ3) is 3.97. The fourth-order valence-corrected chi connectivity index (χ4v) is 6.12. The Hall–Kier alpha value is -1.98. The average Bonchev–Trinajstić information content (AvgIpc) is 3.48. The highest BCUT2D eigenvalue weighted by atomic mass is 16.2. The Balaban J connectivity index is 1.37. The number of carbonyl (C=O) groups excluding carboxylic acids is 1. The predicted molar refractivity (Wildman–Crippen MR) is 116 cm³/mol. The lowest BCUT2D eigenvalue weighted by atomic mass is 9.70. The van der Waals surface area contributed by atoms with Crippen LogP contribution in [0, 0.1) is 25.7 Å². The number of hydrogen-bond acceptors (Lipinski definition) is 4. The predicted octanol–water partition coefficient (Wildman–Crippen LogP) is 4.41. The Labute approximate surface area is 179 Å². The third-order valence-corrected chi connectivity index (χ3v) is 7.59. The van der Waals surface area contributed by atoms with E-state index in [0.717, 1.165) is 30.1 Å². The molecule has 2 unspecified atom stereocenters. The summed E-state index contributed by atoms with van der Waals surface area (Å²) in [7, 11) is 0. The van der Waals surface area contributed by atoms with Gasteiger partial charge in [0.25, 0.3) is 5.78 Å². The Bertz CT molecular complexity index is 912. The monoisotopic (exact) mass is 409 g/mol. The molecular formula is C24H35N5O. The lowest BCUT2D eigenvalue weighted by Crippen LogP contribution is -2.50. The zero-order valence-corrected chi connectivity index (χ0v) is 18.5. The second-order valence-electron chi connectivity index (χ2n) is 9.90. The molecule has 0 saturated heterocycles. The van der Waals surface area contributed by atoms with E-state index in [1.165, 1.54) is 57.8 Å². The van der Waals surface area contributed by atoms with Gasteiger partial charge >= 0.3 is 0 Å².